The fourth-order valence-corrected chi connectivity index (χ4v) is 4.94. The normalized spacial score (nSPS) is 11.7. The number of thiophene rings is 1. The van der Waals surface area contributed by atoms with Crippen molar-refractivity contribution in [1.29, 1.82) is 5.26 Å². The summed E-state index contributed by atoms with van der Waals surface area (Å²) in [6.07, 6.45) is 0.428. The van der Waals surface area contributed by atoms with Gasteiger partial charge in [-0.05, 0) is 42.7 Å². The average molecular weight is 458 g/mol. The lowest BCUT2D eigenvalue weighted by Crippen LogP contribution is -2.33. The van der Waals surface area contributed by atoms with Gasteiger partial charge in [0.2, 0.25) is 5.91 Å². The number of nitrogens with one attached hydrogen (secondary N) is 1. The van der Waals surface area contributed by atoms with Crippen LogP contribution in [0.5, 0.6) is 5.75 Å². The van der Waals surface area contributed by atoms with E-state index in [0.29, 0.717) is 17.0 Å². The molecule has 0 spiro atoms. The van der Waals surface area contributed by atoms with Crippen LogP contribution in [0.1, 0.15) is 30.5 Å². The number of para-hydroxylation sites is 1. The largest absolute Gasteiger partial charge is 0.497 e. The topological polar surface area (TPSA) is 84.1 Å². The van der Waals surface area contributed by atoms with Gasteiger partial charge in [0.1, 0.15) is 22.9 Å². The van der Waals surface area contributed by atoms with Crippen LogP contribution in [-0.4, -0.2) is 17.6 Å². The molecular formula is C26H23N3O3S. The van der Waals surface area contributed by atoms with Crippen LogP contribution in [0.4, 0.5) is 5.00 Å². The van der Waals surface area contributed by atoms with Crippen molar-refractivity contribution in [3.05, 3.63) is 81.5 Å². The van der Waals surface area contributed by atoms with E-state index in [1.807, 2.05) is 67.8 Å². The summed E-state index contributed by atoms with van der Waals surface area (Å²) in [6, 6.07) is 18.0. The number of aryl methyl sites for hydroxylation is 1. The molecule has 0 bridgehead atoms. The molecule has 2 aromatic heterocycles. The van der Waals surface area contributed by atoms with Gasteiger partial charge in [0.15, 0.2) is 0 Å². The zero-order chi connectivity index (χ0) is 23.5. The predicted molar refractivity (Wildman–Crippen MR) is 132 cm³/mol. The van der Waals surface area contributed by atoms with Gasteiger partial charge in [-0.3, -0.25) is 14.2 Å². The summed E-state index contributed by atoms with van der Waals surface area (Å²) in [5.74, 6) is 0.399. The van der Waals surface area contributed by atoms with Crippen LogP contribution < -0.4 is 15.6 Å². The molecule has 0 saturated heterocycles. The van der Waals surface area contributed by atoms with Gasteiger partial charge in [-0.2, -0.15) is 5.26 Å². The molecule has 6 nitrogen and oxygen atoms in total. The summed E-state index contributed by atoms with van der Waals surface area (Å²) in [6.45, 7) is 3.76. The Morgan fingerprint density at radius 2 is 1.94 bits per heavy atom. The van der Waals surface area contributed by atoms with E-state index >= 15 is 0 Å². The van der Waals surface area contributed by atoms with Crippen molar-refractivity contribution < 1.29 is 9.53 Å². The van der Waals surface area contributed by atoms with Crippen LogP contribution >= 0.6 is 11.3 Å². The highest BCUT2D eigenvalue weighted by Crippen LogP contribution is 2.36. The van der Waals surface area contributed by atoms with Crippen LogP contribution in [-0.2, 0) is 4.79 Å². The molecule has 0 saturated carbocycles. The third-order valence-electron chi connectivity index (χ3n) is 5.71. The molecule has 0 aliphatic carbocycles. The maximum Gasteiger partial charge on any atom is 0.252 e. The number of carbonyl (C=O) groups excluding carboxylic acids is 1. The summed E-state index contributed by atoms with van der Waals surface area (Å²) in [7, 11) is 1.60. The number of hydrogen-bond donors (Lipinski definition) is 1. The van der Waals surface area contributed by atoms with Gasteiger partial charge in [0.05, 0.1) is 18.2 Å². The van der Waals surface area contributed by atoms with Crippen molar-refractivity contribution in [3.63, 3.8) is 0 Å². The molecule has 7 heteroatoms. The van der Waals surface area contributed by atoms with E-state index in [-0.39, 0.29) is 11.5 Å². The Morgan fingerprint density at radius 1 is 1.21 bits per heavy atom. The number of hydrogen-bond acceptors (Lipinski definition) is 5. The second-order valence-electron chi connectivity index (χ2n) is 7.66. The fourth-order valence-electron chi connectivity index (χ4n) is 4.01. The van der Waals surface area contributed by atoms with Gasteiger partial charge in [-0.25, -0.2) is 0 Å². The van der Waals surface area contributed by atoms with Crippen molar-refractivity contribution in [2.75, 3.05) is 12.4 Å². The number of amides is 1. The summed E-state index contributed by atoms with van der Waals surface area (Å²) >= 11 is 1.29. The zero-order valence-corrected chi connectivity index (χ0v) is 19.4. The van der Waals surface area contributed by atoms with Crippen molar-refractivity contribution in [2.45, 2.75) is 26.3 Å². The lowest BCUT2D eigenvalue weighted by atomic mass is 10.0. The first-order valence-electron chi connectivity index (χ1n) is 10.6. The van der Waals surface area contributed by atoms with Gasteiger partial charge in [0.25, 0.3) is 5.56 Å². The van der Waals surface area contributed by atoms with E-state index in [2.05, 4.69) is 11.4 Å². The highest BCUT2D eigenvalue weighted by molar-refractivity contribution is 7.15. The molecule has 4 rings (SSSR count). The van der Waals surface area contributed by atoms with E-state index in [1.165, 1.54) is 11.3 Å². The highest BCUT2D eigenvalue weighted by Gasteiger charge is 2.24. The standard InChI is InChI=1S/C26H23N3O3S/c1-4-22(29-23-8-6-5-7-19(23)16(2)13-24(29)30)25(31)28-26-20(14-27)21(15-33-26)17-9-11-18(32-3)12-10-17/h5-13,15,22H,4H2,1-3H3,(H,28,31). The molecule has 1 atom stereocenters. The Balaban J connectivity index is 1.70. The lowest BCUT2D eigenvalue weighted by molar-refractivity contribution is -0.119. The van der Waals surface area contributed by atoms with Crippen molar-refractivity contribution in [3.8, 4) is 22.9 Å². The lowest BCUT2D eigenvalue weighted by Gasteiger charge is -2.20. The monoisotopic (exact) mass is 457 g/mol. The molecule has 0 aliphatic rings. The number of ether oxygens (including phenoxy) is 1. The number of aromatic nitrogens is 1. The molecule has 1 N–H and O–H groups in total. The predicted octanol–water partition coefficient (Wildman–Crippen LogP) is 5.51. The first-order valence-corrected chi connectivity index (χ1v) is 11.4. The average Bonchev–Trinajstić information content (AvgIpc) is 3.24. The minimum absolute atomic E-state index is 0.223. The number of methoxy groups -OCH3 is 1. The van der Waals surface area contributed by atoms with Crippen LogP contribution in [0.2, 0.25) is 0 Å². The van der Waals surface area contributed by atoms with Gasteiger partial charge < -0.3 is 10.1 Å². The van der Waals surface area contributed by atoms with Crippen LogP contribution in [0, 0.1) is 18.3 Å². The van der Waals surface area contributed by atoms with E-state index < -0.39 is 6.04 Å². The zero-order valence-electron chi connectivity index (χ0n) is 18.6. The molecule has 0 fully saturated rings. The van der Waals surface area contributed by atoms with E-state index in [1.54, 1.807) is 17.7 Å². The van der Waals surface area contributed by atoms with Gasteiger partial charge in [0, 0.05) is 22.4 Å². The Hall–Kier alpha value is -3.89. The number of benzene rings is 2. The summed E-state index contributed by atoms with van der Waals surface area (Å²) < 4.78 is 6.74. The van der Waals surface area contributed by atoms with Crippen LogP contribution in [0.25, 0.3) is 22.0 Å². The minimum Gasteiger partial charge on any atom is -0.497 e. The molecule has 4 aromatic rings. The molecule has 2 aromatic carbocycles. The molecule has 2 heterocycles. The van der Waals surface area contributed by atoms with Crippen molar-refractivity contribution in [1.82, 2.24) is 4.57 Å². The molecule has 33 heavy (non-hydrogen) atoms. The van der Waals surface area contributed by atoms with E-state index in [9.17, 15) is 14.9 Å². The molecule has 1 amide bonds. The highest BCUT2D eigenvalue weighted by atomic mass is 32.1. The van der Waals surface area contributed by atoms with Gasteiger partial charge >= 0.3 is 0 Å². The van der Waals surface area contributed by atoms with Crippen LogP contribution in [0.3, 0.4) is 0 Å². The van der Waals surface area contributed by atoms with Gasteiger partial charge in [-0.15, -0.1) is 11.3 Å². The van der Waals surface area contributed by atoms with E-state index in [4.69, 9.17) is 4.74 Å². The summed E-state index contributed by atoms with van der Waals surface area (Å²) in [4.78, 5) is 26.2. The fraction of sp³-hybridized carbons (Fsp3) is 0.192. The number of nitrogens with zero attached hydrogens (tertiary/aromatic N) is 2. The SMILES string of the molecule is CCC(C(=O)Nc1scc(-c2ccc(OC)cc2)c1C#N)n1c(=O)cc(C)c2ccccc21. The first kappa shape index (κ1) is 22.3. The molecule has 1 unspecified atom stereocenters. The van der Waals surface area contributed by atoms with Crippen molar-refractivity contribution in [2.24, 2.45) is 0 Å². The molecule has 0 aliphatic heterocycles. The summed E-state index contributed by atoms with van der Waals surface area (Å²) in [5, 5.41) is 16.0. The first-order chi connectivity index (χ1) is 16.0. The number of anilines is 1. The quantitative estimate of drug-likeness (QED) is 0.414. The number of nitriles is 1. The number of carbonyl (C=O) groups is 1. The number of rotatable bonds is 6. The Kier molecular flexibility index (Phi) is 6.29. The summed E-state index contributed by atoms with van der Waals surface area (Å²) in [5.41, 5.74) is 3.36. The maximum absolute atomic E-state index is 13.3. The third kappa shape index (κ3) is 4.13. The Bertz CT molecular complexity index is 1430. The maximum atomic E-state index is 13.3. The van der Waals surface area contributed by atoms with Gasteiger partial charge in [-0.1, -0.05) is 37.3 Å². The Labute approximate surface area is 195 Å². The van der Waals surface area contributed by atoms with Crippen LogP contribution in [0.15, 0.2) is 64.8 Å². The number of pyridine rings is 1. The van der Waals surface area contributed by atoms with E-state index in [0.717, 1.165) is 33.3 Å². The number of fused-ring (bicyclic) bond motifs is 1. The molecular weight excluding hydrogens is 434 g/mol. The second kappa shape index (κ2) is 9.31. The smallest absolute Gasteiger partial charge is 0.252 e. The minimum atomic E-state index is -0.707. The molecule has 0 radical (unpaired) electrons. The third-order valence-corrected chi connectivity index (χ3v) is 6.60. The Morgan fingerprint density at radius 3 is 2.61 bits per heavy atom. The van der Waals surface area contributed by atoms with Crippen molar-refractivity contribution >= 4 is 33.1 Å². The second-order valence-corrected chi connectivity index (χ2v) is 8.54. The molecule has 166 valence electrons.